The smallest absolute Gasteiger partial charge is 0.251 e. The van der Waals surface area contributed by atoms with Crippen LogP contribution in [-0.2, 0) is 23.1 Å². The number of sulfonamides is 1. The molecule has 0 spiro atoms. The van der Waals surface area contributed by atoms with Crippen molar-refractivity contribution in [2.75, 3.05) is 20.1 Å². The molecule has 1 heterocycles. The minimum atomic E-state index is -3.56. The number of carbonyl (C=O) groups is 1. The molecule has 1 N–H and O–H groups in total. The van der Waals surface area contributed by atoms with Crippen LogP contribution in [0.5, 0.6) is 0 Å². The van der Waals surface area contributed by atoms with Crippen molar-refractivity contribution in [2.45, 2.75) is 57.1 Å². The maximum atomic E-state index is 12.6. The van der Waals surface area contributed by atoms with Crippen LogP contribution in [0.15, 0.2) is 53.4 Å². The molecule has 1 saturated heterocycles. The van der Waals surface area contributed by atoms with E-state index < -0.39 is 10.0 Å². The minimum Gasteiger partial charge on any atom is -0.348 e. The van der Waals surface area contributed by atoms with E-state index in [1.54, 1.807) is 19.2 Å². The third kappa shape index (κ3) is 5.93. The van der Waals surface area contributed by atoms with E-state index in [2.05, 4.69) is 22.3 Å². The van der Waals surface area contributed by atoms with E-state index in [1.165, 1.54) is 41.3 Å². The monoisotopic (exact) mass is 443 g/mol. The van der Waals surface area contributed by atoms with Gasteiger partial charge in [-0.25, -0.2) is 8.42 Å². The summed E-state index contributed by atoms with van der Waals surface area (Å²) in [7, 11) is -2.00. The van der Waals surface area contributed by atoms with Gasteiger partial charge in [0.1, 0.15) is 0 Å². The summed E-state index contributed by atoms with van der Waals surface area (Å²) in [5.41, 5.74) is 2.79. The summed E-state index contributed by atoms with van der Waals surface area (Å²) in [6, 6.07) is 14.2. The van der Waals surface area contributed by atoms with Gasteiger partial charge >= 0.3 is 0 Å². The molecule has 0 aromatic heterocycles. The average molecular weight is 444 g/mol. The maximum absolute atomic E-state index is 12.6. The van der Waals surface area contributed by atoms with Crippen LogP contribution in [0.1, 0.15) is 54.6 Å². The fourth-order valence-corrected chi connectivity index (χ4v) is 5.11. The van der Waals surface area contributed by atoms with E-state index in [-0.39, 0.29) is 16.8 Å². The first kappa shape index (κ1) is 23.4. The molecule has 2 aromatic carbocycles. The van der Waals surface area contributed by atoms with Crippen LogP contribution in [0, 0.1) is 0 Å². The zero-order valence-corrected chi connectivity index (χ0v) is 19.5. The highest BCUT2D eigenvalue weighted by Gasteiger charge is 2.23. The second-order valence-corrected chi connectivity index (χ2v) is 10.4. The Morgan fingerprint density at radius 1 is 1.00 bits per heavy atom. The Morgan fingerprint density at radius 2 is 1.61 bits per heavy atom. The second-order valence-electron chi connectivity index (χ2n) is 8.43. The molecule has 0 unspecified atom stereocenters. The Kier molecular flexibility index (Phi) is 7.86. The Balaban J connectivity index is 1.64. The van der Waals surface area contributed by atoms with Gasteiger partial charge in [0.05, 0.1) is 4.90 Å². The maximum Gasteiger partial charge on any atom is 0.251 e. The molecule has 31 heavy (non-hydrogen) atoms. The van der Waals surface area contributed by atoms with Gasteiger partial charge < -0.3 is 5.32 Å². The van der Waals surface area contributed by atoms with Crippen molar-refractivity contribution in [1.29, 1.82) is 0 Å². The van der Waals surface area contributed by atoms with Gasteiger partial charge in [-0.15, -0.1) is 0 Å². The fourth-order valence-electron chi connectivity index (χ4n) is 3.74. The molecular formula is C24H33N3O3S. The molecule has 0 saturated carbocycles. The first-order valence-electron chi connectivity index (χ1n) is 10.9. The molecule has 0 aliphatic carbocycles. The number of carbonyl (C=O) groups excluding carboxylic acids is 1. The molecule has 0 atom stereocenters. The van der Waals surface area contributed by atoms with E-state index >= 15 is 0 Å². The molecule has 6 nitrogen and oxygen atoms in total. The van der Waals surface area contributed by atoms with E-state index in [4.69, 9.17) is 0 Å². The highest BCUT2D eigenvalue weighted by atomic mass is 32.2. The molecule has 3 rings (SSSR count). The van der Waals surface area contributed by atoms with Gasteiger partial charge in [0, 0.05) is 31.7 Å². The standard InChI is InChI=1S/C24H33N3O3S/c1-19(2)26(3)31(29,30)23-13-11-20(12-14-23)24(28)25-17-21-9-5-6-10-22(21)18-27-15-7-4-8-16-27/h5-6,9-14,19H,4,7-8,15-18H2,1-3H3,(H,25,28). The lowest BCUT2D eigenvalue weighted by Crippen LogP contribution is -2.33. The van der Waals surface area contributed by atoms with Crippen LogP contribution < -0.4 is 5.32 Å². The predicted octanol–water partition coefficient (Wildman–Crippen LogP) is 3.63. The van der Waals surface area contributed by atoms with Crippen molar-refractivity contribution in [1.82, 2.24) is 14.5 Å². The average Bonchev–Trinajstić information content (AvgIpc) is 2.78. The molecule has 1 fully saturated rings. The first-order valence-corrected chi connectivity index (χ1v) is 12.4. The lowest BCUT2D eigenvalue weighted by atomic mass is 10.0. The Bertz CT molecular complexity index is 981. The summed E-state index contributed by atoms with van der Waals surface area (Å²) >= 11 is 0. The molecule has 7 heteroatoms. The van der Waals surface area contributed by atoms with Crippen LogP contribution >= 0.6 is 0 Å². The van der Waals surface area contributed by atoms with E-state index in [9.17, 15) is 13.2 Å². The number of hydrogen-bond acceptors (Lipinski definition) is 4. The summed E-state index contributed by atoms with van der Waals surface area (Å²) in [4.78, 5) is 15.3. The van der Waals surface area contributed by atoms with Crippen molar-refractivity contribution in [3.63, 3.8) is 0 Å². The van der Waals surface area contributed by atoms with Crippen LogP contribution in [0.25, 0.3) is 0 Å². The summed E-state index contributed by atoms with van der Waals surface area (Å²) in [6.07, 6.45) is 3.80. The van der Waals surface area contributed by atoms with Gasteiger partial charge in [0.25, 0.3) is 5.91 Å². The fraction of sp³-hybridized carbons (Fsp3) is 0.458. The quantitative estimate of drug-likeness (QED) is 0.676. The topological polar surface area (TPSA) is 69.7 Å². The molecule has 1 aliphatic rings. The van der Waals surface area contributed by atoms with Gasteiger partial charge in [-0.1, -0.05) is 30.7 Å². The number of piperidine rings is 1. The number of benzene rings is 2. The van der Waals surface area contributed by atoms with Gasteiger partial charge in [0.2, 0.25) is 10.0 Å². The number of nitrogens with zero attached hydrogens (tertiary/aromatic N) is 2. The van der Waals surface area contributed by atoms with Gasteiger partial charge in [-0.2, -0.15) is 4.31 Å². The summed E-state index contributed by atoms with van der Waals surface area (Å²) in [6.45, 7) is 7.25. The normalized spacial score (nSPS) is 15.4. The molecular weight excluding hydrogens is 410 g/mol. The molecule has 0 bridgehead atoms. The third-order valence-electron chi connectivity index (χ3n) is 5.92. The van der Waals surface area contributed by atoms with Crippen LogP contribution in [0.4, 0.5) is 0 Å². The highest BCUT2D eigenvalue weighted by molar-refractivity contribution is 7.89. The van der Waals surface area contributed by atoms with Crippen molar-refractivity contribution < 1.29 is 13.2 Å². The number of amides is 1. The lowest BCUT2D eigenvalue weighted by Gasteiger charge is -2.27. The molecule has 168 valence electrons. The molecule has 1 aliphatic heterocycles. The highest BCUT2D eigenvalue weighted by Crippen LogP contribution is 2.18. The van der Waals surface area contributed by atoms with Gasteiger partial charge in [-0.3, -0.25) is 9.69 Å². The number of hydrogen-bond donors (Lipinski definition) is 1. The summed E-state index contributed by atoms with van der Waals surface area (Å²) in [5.74, 6) is -0.214. The Morgan fingerprint density at radius 3 is 2.23 bits per heavy atom. The van der Waals surface area contributed by atoms with Crippen molar-refractivity contribution >= 4 is 15.9 Å². The number of likely N-dealkylation sites (tertiary alicyclic amines) is 1. The van der Waals surface area contributed by atoms with Crippen molar-refractivity contribution in [3.05, 3.63) is 65.2 Å². The largest absolute Gasteiger partial charge is 0.348 e. The van der Waals surface area contributed by atoms with Crippen LogP contribution in [0.2, 0.25) is 0 Å². The predicted molar refractivity (Wildman–Crippen MR) is 123 cm³/mol. The van der Waals surface area contributed by atoms with Crippen LogP contribution in [-0.4, -0.2) is 49.7 Å². The van der Waals surface area contributed by atoms with E-state index in [0.717, 1.165) is 25.2 Å². The Hall–Kier alpha value is -2.22. The van der Waals surface area contributed by atoms with Gasteiger partial charge in [-0.05, 0) is 75.2 Å². The summed E-state index contributed by atoms with van der Waals surface area (Å²) in [5, 5.41) is 2.97. The summed E-state index contributed by atoms with van der Waals surface area (Å²) < 4.78 is 26.5. The van der Waals surface area contributed by atoms with Gasteiger partial charge in [0.15, 0.2) is 0 Å². The van der Waals surface area contributed by atoms with Crippen molar-refractivity contribution in [3.8, 4) is 0 Å². The minimum absolute atomic E-state index is 0.141. The number of nitrogens with one attached hydrogen (secondary N) is 1. The Labute approximate surface area is 186 Å². The zero-order chi connectivity index (χ0) is 22.4. The molecule has 1 amide bonds. The number of rotatable bonds is 8. The third-order valence-corrected chi connectivity index (χ3v) is 7.97. The first-order chi connectivity index (χ1) is 14.8. The van der Waals surface area contributed by atoms with Crippen LogP contribution in [0.3, 0.4) is 0 Å². The molecule has 2 aromatic rings. The lowest BCUT2D eigenvalue weighted by molar-refractivity contribution is 0.0950. The zero-order valence-electron chi connectivity index (χ0n) is 18.7. The molecule has 0 radical (unpaired) electrons. The second kappa shape index (κ2) is 10.4. The van der Waals surface area contributed by atoms with E-state index in [1.807, 2.05) is 26.0 Å². The van der Waals surface area contributed by atoms with Crippen molar-refractivity contribution in [2.24, 2.45) is 0 Å². The van der Waals surface area contributed by atoms with E-state index in [0.29, 0.717) is 12.1 Å². The SMILES string of the molecule is CC(C)N(C)S(=O)(=O)c1ccc(C(=O)NCc2ccccc2CN2CCCCC2)cc1.